The van der Waals surface area contributed by atoms with Gasteiger partial charge in [0.25, 0.3) is 0 Å². The first-order valence-electron chi connectivity index (χ1n) is 11.8. The van der Waals surface area contributed by atoms with Gasteiger partial charge in [0.1, 0.15) is 11.5 Å². The van der Waals surface area contributed by atoms with Crippen molar-refractivity contribution in [2.24, 2.45) is 0 Å². The second-order valence-electron chi connectivity index (χ2n) is 8.99. The van der Waals surface area contributed by atoms with Gasteiger partial charge in [-0.25, -0.2) is 8.42 Å². The zero-order valence-electron chi connectivity index (χ0n) is 19.6. The van der Waals surface area contributed by atoms with E-state index in [1.54, 1.807) is 31.2 Å². The van der Waals surface area contributed by atoms with Gasteiger partial charge < -0.3 is 4.74 Å². The Balaban J connectivity index is 1.23. The van der Waals surface area contributed by atoms with Crippen LogP contribution in [-0.4, -0.2) is 34.6 Å². The number of ketones is 1. The van der Waals surface area contributed by atoms with Gasteiger partial charge in [-0.1, -0.05) is 37.3 Å². The molecule has 1 aliphatic carbocycles. The van der Waals surface area contributed by atoms with Crippen LogP contribution in [0.2, 0.25) is 0 Å². The predicted molar refractivity (Wildman–Crippen MR) is 132 cm³/mol. The van der Waals surface area contributed by atoms with E-state index >= 15 is 0 Å². The summed E-state index contributed by atoms with van der Waals surface area (Å²) < 4.78 is 32.3. The Labute approximate surface area is 204 Å². The molecule has 1 saturated carbocycles. The van der Waals surface area contributed by atoms with E-state index in [2.05, 4.69) is 10.2 Å². The molecule has 0 unspecified atom stereocenters. The Hall–Kier alpha value is -3.52. The van der Waals surface area contributed by atoms with E-state index in [9.17, 15) is 13.2 Å². The molecule has 2 aromatic heterocycles. The Morgan fingerprint density at radius 1 is 0.943 bits per heavy atom. The molecule has 0 spiro atoms. The summed E-state index contributed by atoms with van der Waals surface area (Å²) in [6.45, 7) is 1.62. The average molecular weight is 490 g/mol. The van der Waals surface area contributed by atoms with E-state index in [0.29, 0.717) is 6.42 Å². The van der Waals surface area contributed by atoms with Crippen LogP contribution in [0, 0.1) is 0 Å². The molecule has 0 amide bonds. The van der Waals surface area contributed by atoms with Gasteiger partial charge in [-0.3, -0.25) is 9.20 Å². The lowest BCUT2D eigenvalue weighted by Gasteiger charge is -2.40. The van der Waals surface area contributed by atoms with E-state index in [0.717, 1.165) is 47.6 Å². The summed E-state index contributed by atoms with van der Waals surface area (Å²) in [6, 6.07) is 20.0. The van der Waals surface area contributed by atoms with Crippen molar-refractivity contribution in [3.63, 3.8) is 0 Å². The lowest BCUT2D eigenvalue weighted by atomic mass is 9.79. The molecule has 7 nitrogen and oxygen atoms in total. The van der Waals surface area contributed by atoms with E-state index in [-0.39, 0.29) is 22.9 Å². The minimum atomic E-state index is -3.24. The Kier molecular flexibility index (Phi) is 6.15. The number of hydrogen-bond donors (Lipinski definition) is 0. The van der Waals surface area contributed by atoms with Crippen LogP contribution >= 0.6 is 0 Å². The summed E-state index contributed by atoms with van der Waals surface area (Å²) in [6.07, 6.45) is 5.34. The SMILES string of the molecule is CCS(=O)(=O)c1ccc(CC(=O)Cc2ccc(OC3(c4nnc5ccccn45)CCC3)cc2)cc1. The lowest BCUT2D eigenvalue weighted by Crippen LogP contribution is -2.42. The Morgan fingerprint density at radius 3 is 2.20 bits per heavy atom. The predicted octanol–water partition coefficient (Wildman–Crippen LogP) is 4.34. The normalized spacial score (nSPS) is 15.0. The highest BCUT2D eigenvalue weighted by Gasteiger charge is 2.45. The van der Waals surface area contributed by atoms with Gasteiger partial charge in [0.2, 0.25) is 0 Å². The monoisotopic (exact) mass is 489 g/mol. The molecular formula is C27H27N3O4S. The Morgan fingerprint density at radius 2 is 1.60 bits per heavy atom. The fraction of sp³-hybridized carbons (Fsp3) is 0.296. The summed E-state index contributed by atoms with van der Waals surface area (Å²) >= 11 is 0. The minimum Gasteiger partial charge on any atom is -0.479 e. The molecule has 8 heteroatoms. The molecular weight excluding hydrogens is 462 g/mol. The van der Waals surface area contributed by atoms with Crippen molar-refractivity contribution in [1.82, 2.24) is 14.6 Å². The summed E-state index contributed by atoms with van der Waals surface area (Å²) in [5.74, 6) is 1.68. The summed E-state index contributed by atoms with van der Waals surface area (Å²) in [5.41, 5.74) is 2.02. The third kappa shape index (κ3) is 4.71. The van der Waals surface area contributed by atoms with Crippen molar-refractivity contribution >= 4 is 21.3 Å². The molecule has 1 aliphatic rings. The number of Topliss-reactive ketones (excluding diaryl/α,β-unsaturated/α-hetero) is 1. The minimum absolute atomic E-state index is 0.0572. The van der Waals surface area contributed by atoms with Crippen LogP contribution in [0.4, 0.5) is 0 Å². The zero-order valence-corrected chi connectivity index (χ0v) is 20.4. The quantitative estimate of drug-likeness (QED) is 0.348. The smallest absolute Gasteiger partial charge is 0.181 e. The number of nitrogens with zero attached hydrogens (tertiary/aromatic N) is 3. The van der Waals surface area contributed by atoms with Gasteiger partial charge in [0.05, 0.1) is 10.6 Å². The molecule has 0 atom stereocenters. The number of benzene rings is 2. The number of pyridine rings is 1. The lowest BCUT2D eigenvalue weighted by molar-refractivity contribution is -0.117. The largest absolute Gasteiger partial charge is 0.479 e. The van der Waals surface area contributed by atoms with E-state index < -0.39 is 15.4 Å². The number of carbonyl (C=O) groups excluding carboxylic acids is 1. The standard InChI is InChI=1S/C27H27N3O4S/c1-2-35(32,33)24-13-9-21(10-14-24)19-22(31)18-20-7-11-23(12-8-20)34-27(15-5-16-27)26-29-28-25-6-3-4-17-30(25)26/h3-4,6-14,17H,2,5,15-16,18-19H2,1H3. The fourth-order valence-electron chi connectivity index (χ4n) is 4.42. The van der Waals surface area contributed by atoms with Crippen LogP contribution in [-0.2, 0) is 33.1 Å². The van der Waals surface area contributed by atoms with Crippen molar-refractivity contribution in [2.75, 3.05) is 5.75 Å². The van der Waals surface area contributed by atoms with Crippen molar-refractivity contribution < 1.29 is 17.9 Å². The topological polar surface area (TPSA) is 90.6 Å². The molecule has 0 saturated heterocycles. The molecule has 1 fully saturated rings. The van der Waals surface area contributed by atoms with Crippen molar-refractivity contribution in [3.05, 3.63) is 89.9 Å². The number of sulfone groups is 1. The highest BCUT2D eigenvalue weighted by molar-refractivity contribution is 7.91. The molecule has 0 bridgehead atoms. The van der Waals surface area contributed by atoms with Gasteiger partial charge in [0, 0.05) is 19.0 Å². The molecule has 2 aromatic carbocycles. The van der Waals surface area contributed by atoms with Gasteiger partial charge >= 0.3 is 0 Å². The first-order chi connectivity index (χ1) is 16.9. The van der Waals surface area contributed by atoms with Crippen LogP contribution in [0.15, 0.2) is 77.8 Å². The molecule has 180 valence electrons. The van der Waals surface area contributed by atoms with Crippen LogP contribution in [0.25, 0.3) is 5.65 Å². The fourth-order valence-corrected chi connectivity index (χ4v) is 5.31. The molecule has 0 radical (unpaired) electrons. The summed E-state index contributed by atoms with van der Waals surface area (Å²) in [5, 5.41) is 8.69. The molecule has 2 heterocycles. The van der Waals surface area contributed by atoms with Crippen molar-refractivity contribution in [1.29, 1.82) is 0 Å². The number of carbonyl (C=O) groups is 1. The van der Waals surface area contributed by atoms with Crippen LogP contribution in [0.5, 0.6) is 5.75 Å². The first-order valence-corrected chi connectivity index (χ1v) is 13.5. The van der Waals surface area contributed by atoms with E-state index in [4.69, 9.17) is 4.74 Å². The van der Waals surface area contributed by atoms with Gasteiger partial charge in [-0.2, -0.15) is 0 Å². The Bertz CT molecular complexity index is 1450. The molecule has 4 aromatic rings. The number of fused-ring (bicyclic) bond motifs is 1. The maximum atomic E-state index is 12.6. The second kappa shape index (κ2) is 9.26. The van der Waals surface area contributed by atoms with Crippen LogP contribution in [0.1, 0.15) is 43.1 Å². The summed E-state index contributed by atoms with van der Waals surface area (Å²) in [4.78, 5) is 12.9. The van der Waals surface area contributed by atoms with Crippen LogP contribution in [0.3, 0.4) is 0 Å². The summed E-state index contributed by atoms with van der Waals surface area (Å²) in [7, 11) is -3.24. The van der Waals surface area contributed by atoms with Gasteiger partial charge in [-0.15, -0.1) is 10.2 Å². The highest BCUT2D eigenvalue weighted by Crippen LogP contribution is 2.44. The number of ether oxygens (including phenoxy) is 1. The third-order valence-electron chi connectivity index (χ3n) is 6.58. The van der Waals surface area contributed by atoms with Gasteiger partial charge in [0.15, 0.2) is 26.9 Å². The van der Waals surface area contributed by atoms with Crippen molar-refractivity contribution in [2.45, 2.75) is 49.5 Å². The van der Waals surface area contributed by atoms with Gasteiger partial charge in [-0.05, 0) is 66.8 Å². The first kappa shape index (κ1) is 23.2. The van der Waals surface area contributed by atoms with E-state index in [1.807, 2.05) is 53.1 Å². The number of rotatable bonds is 9. The molecule has 0 N–H and O–H groups in total. The van der Waals surface area contributed by atoms with E-state index in [1.165, 1.54) is 0 Å². The maximum absolute atomic E-state index is 12.6. The zero-order chi connectivity index (χ0) is 24.5. The van der Waals surface area contributed by atoms with Crippen LogP contribution < -0.4 is 4.74 Å². The molecule has 35 heavy (non-hydrogen) atoms. The molecule has 5 rings (SSSR count). The third-order valence-corrected chi connectivity index (χ3v) is 8.33. The number of aromatic nitrogens is 3. The van der Waals surface area contributed by atoms with Crippen molar-refractivity contribution in [3.8, 4) is 5.75 Å². The second-order valence-corrected chi connectivity index (χ2v) is 11.3. The highest BCUT2D eigenvalue weighted by atomic mass is 32.2. The molecule has 0 aliphatic heterocycles. The number of hydrogen-bond acceptors (Lipinski definition) is 6. The maximum Gasteiger partial charge on any atom is 0.181 e. The average Bonchev–Trinajstić information content (AvgIpc) is 3.27.